The van der Waals surface area contributed by atoms with Crippen molar-refractivity contribution in [2.24, 2.45) is 0 Å². The van der Waals surface area contributed by atoms with Crippen LogP contribution in [0.3, 0.4) is 0 Å². The zero-order valence-electron chi connectivity index (χ0n) is 12.9. The molecule has 1 N–H and O–H groups in total. The van der Waals surface area contributed by atoms with Gasteiger partial charge in [0.2, 0.25) is 0 Å². The summed E-state index contributed by atoms with van der Waals surface area (Å²) in [4.78, 5) is 19.8. The predicted octanol–water partition coefficient (Wildman–Crippen LogP) is 2.55. The second-order valence-corrected chi connectivity index (χ2v) is 6.44. The topological polar surface area (TPSA) is 45.2 Å². The Morgan fingerprint density at radius 1 is 1.32 bits per heavy atom. The average Bonchev–Trinajstić information content (AvgIpc) is 3.38. The number of aromatic nitrogens is 1. The fourth-order valence-corrected chi connectivity index (χ4v) is 3.26. The van der Waals surface area contributed by atoms with E-state index in [4.69, 9.17) is 4.98 Å². The van der Waals surface area contributed by atoms with E-state index in [0.717, 1.165) is 41.8 Å². The summed E-state index contributed by atoms with van der Waals surface area (Å²) in [6.45, 7) is 4.61. The maximum Gasteiger partial charge on any atom is 0.254 e. The average molecular weight is 295 g/mol. The van der Waals surface area contributed by atoms with Crippen LogP contribution in [0.4, 0.5) is 0 Å². The van der Waals surface area contributed by atoms with Gasteiger partial charge in [-0.25, -0.2) is 0 Å². The Hall–Kier alpha value is -1.94. The number of hydrogen-bond donors (Lipinski definition) is 1. The van der Waals surface area contributed by atoms with E-state index in [1.807, 2.05) is 35.2 Å². The number of carbonyl (C=O) groups excluding carboxylic acids is 1. The van der Waals surface area contributed by atoms with Crippen LogP contribution >= 0.6 is 0 Å². The van der Waals surface area contributed by atoms with Crippen LogP contribution in [0.5, 0.6) is 0 Å². The Balaban J connectivity index is 1.80. The van der Waals surface area contributed by atoms with Crippen LogP contribution in [0.1, 0.15) is 41.7 Å². The molecule has 2 heterocycles. The van der Waals surface area contributed by atoms with E-state index in [2.05, 4.69) is 12.2 Å². The highest BCUT2D eigenvalue weighted by Gasteiger charge is 2.29. The third kappa shape index (κ3) is 2.37. The summed E-state index contributed by atoms with van der Waals surface area (Å²) in [6.07, 6.45) is 2.39. The molecule has 1 unspecified atom stereocenters. The molecule has 0 radical (unpaired) electrons. The lowest BCUT2D eigenvalue weighted by Gasteiger charge is -2.34. The molecule has 4 heteroatoms. The zero-order valence-corrected chi connectivity index (χ0v) is 12.9. The van der Waals surface area contributed by atoms with E-state index in [0.29, 0.717) is 5.92 Å². The minimum absolute atomic E-state index is 0.148. The molecule has 1 atom stereocenters. The summed E-state index contributed by atoms with van der Waals surface area (Å²) in [6, 6.07) is 10.3. The minimum atomic E-state index is 0.148. The Morgan fingerprint density at radius 2 is 2.14 bits per heavy atom. The second kappa shape index (κ2) is 5.36. The van der Waals surface area contributed by atoms with E-state index >= 15 is 0 Å². The lowest BCUT2D eigenvalue weighted by Crippen LogP contribution is -2.52. The quantitative estimate of drug-likeness (QED) is 0.926. The molecule has 0 spiro atoms. The summed E-state index contributed by atoms with van der Waals surface area (Å²) in [5.41, 5.74) is 2.85. The molecule has 114 valence electrons. The van der Waals surface area contributed by atoms with Gasteiger partial charge >= 0.3 is 0 Å². The number of fused-ring (bicyclic) bond motifs is 1. The number of nitrogens with one attached hydrogen (secondary N) is 1. The first kappa shape index (κ1) is 13.7. The molecule has 4 rings (SSSR count). The third-order valence-corrected chi connectivity index (χ3v) is 4.72. The van der Waals surface area contributed by atoms with Crippen LogP contribution in [0, 0.1) is 0 Å². The standard InChI is InChI=1S/C18H21N3O/c1-12-11-19-8-9-21(12)18(22)15-10-17(13-6-7-13)20-16-5-3-2-4-14(15)16/h2-5,10,12-13,19H,6-9,11H2,1H3. The second-order valence-electron chi connectivity index (χ2n) is 6.44. The number of pyridine rings is 1. The minimum Gasteiger partial charge on any atom is -0.333 e. The molecular formula is C18H21N3O. The molecule has 22 heavy (non-hydrogen) atoms. The smallest absolute Gasteiger partial charge is 0.254 e. The van der Waals surface area contributed by atoms with E-state index in [9.17, 15) is 4.79 Å². The Kier molecular flexibility index (Phi) is 3.34. The number of hydrogen-bond acceptors (Lipinski definition) is 3. The van der Waals surface area contributed by atoms with Gasteiger partial charge in [0, 0.05) is 42.7 Å². The largest absolute Gasteiger partial charge is 0.333 e. The van der Waals surface area contributed by atoms with Gasteiger partial charge < -0.3 is 10.2 Å². The van der Waals surface area contributed by atoms with Gasteiger partial charge in [0.15, 0.2) is 0 Å². The van der Waals surface area contributed by atoms with Gasteiger partial charge in [-0.3, -0.25) is 9.78 Å². The molecule has 1 amide bonds. The Bertz CT molecular complexity index is 723. The van der Waals surface area contributed by atoms with Gasteiger partial charge in [0.25, 0.3) is 5.91 Å². The zero-order chi connectivity index (χ0) is 15.1. The van der Waals surface area contributed by atoms with Gasteiger partial charge in [-0.2, -0.15) is 0 Å². The number of benzene rings is 1. The van der Waals surface area contributed by atoms with Crippen molar-refractivity contribution >= 4 is 16.8 Å². The maximum absolute atomic E-state index is 13.1. The maximum atomic E-state index is 13.1. The monoisotopic (exact) mass is 295 g/mol. The van der Waals surface area contributed by atoms with Crippen molar-refractivity contribution in [3.63, 3.8) is 0 Å². The van der Waals surface area contributed by atoms with Crippen molar-refractivity contribution in [1.82, 2.24) is 15.2 Å². The molecule has 1 aliphatic carbocycles. The van der Waals surface area contributed by atoms with Crippen LogP contribution in [-0.4, -0.2) is 41.5 Å². The van der Waals surface area contributed by atoms with Crippen molar-refractivity contribution < 1.29 is 4.79 Å². The van der Waals surface area contributed by atoms with Crippen LogP contribution in [-0.2, 0) is 0 Å². The highest BCUT2D eigenvalue weighted by molar-refractivity contribution is 6.06. The number of carbonyl (C=O) groups is 1. The van der Waals surface area contributed by atoms with E-state index < -0.39 is 0 Å². The summed E-state index contributed by atoms with van der Waals surface area (Å²) >= 11 is 0. The molecule has 1 aromatic carbocycles. The lowest BCUT2D eigenvalue weighted by molar-refractivity contribution is 0.0657. The van der Waals surface area contributed by atoms with Crippen LogP contribution in [0.2, 0.25) is 0 Å². The summed E-state index contributed by atoms with van der Waals surface area (Å²) in [7, 11) is 0. The van der Waals surface area contributed by atoms with Gasteiger partial charge in [-0.05, 0) is 31.9 Å². The van der Waals surface area contributed by atoms with E-state index in [-0.39, 0.29) is 11.9 Å². The van der Waals surface area contributed by atoms with Crippen molar-refractivity contribution in [2.75, 3.05) is 19.6 Å². The molecule has 2 aliphatic rings. The molecule has 1 saturated carbocycles. The molecule has 2 aromatic rings. The van der Waals surface area contributed by atoms with Crippen molar-refractivity contribution in [3.8, 4) is 0 Å². The summed E-state index contributed by atoms with van der Waals surface area (Å²) in [5, 5.41) is 4.32. The van der Waals surface area contributed by atoms with Crippen molar-refractivity contribution in [3.05, 3.63) is 41.6 Å². The fourth-order valence-electron chi connectivity index (χ4n) is 3.26. The number of nitrogens with zero attached hydrogens (tertiary/aromatic N) is 2. The van der Waals surface area contributed by atoms with Crippen LogP contribution in [0.25, 0.3) is 10.9 Å². The predicted molar refractivity (Wildman–Crippen MR) is 87.1 cm³/mol. The Labute approximate surface area is 130 Å². The first-order chi connectivity index (χ1) is 10.7. The van der Waals surface area contributed by atoms with Crippen molar-refractivity contribution in [2.45, 2.75) is 31.7 Å². The lowest BCUT2D eigenvalue weighted by atomic mass is 10.0. The first-order valence-corrected chi connectivity index (χ1v) is 8.15. The molecule has 0 bridgehead atoms. The number of piperazine rings is 1. The highest BCUT2D eigenvalue weighted by atomic mass is 16.2. The van der Waals surface area contributed by atoms with E-state index in [1.54, 1.807) is 0 Å². The van der Waals surface area contributed by atoms with Gasteiger partial charge in [0.1, 0.15) is 0 Å². The molecule has 4 nitrogen and oxygen atoms in total. The highest BCUT2D eigenvalue weighted by Crippen LogP contribution is 2.40. The molecule has 1 aromatic heterocycles. The normalized spacial score (nSPS) is 22.0. The van der Waals surface area contributed by atoms with Gasteiger partial charge in [-0.1, -0.05) is 18.2 Å². The summed E-state index contributed by atoms with van der Waals surface area (Å²) in [5.74, 6) is 0.700. The van der Waals surface area contributed by atoms with Gasteiger partial charge in [0.05, 0.1) is 11.1 Å². The van der Waals surface area contributed by atoms with Crippen LogP contribution < -0.4 is 5.32 Å². The number of rotatable bonds is 2. The van der Waals surface area contributed by atoms with Gasteiger partial charge in [-0.15, -0.1) is 0 Å². The number of para-hydroxylation sites is 1. The Morgan fingerprint density at radius 3 is 2.91 bits per heavy atom. The fraction of sp³-hybridized carbons (Fsp3) is 0.444. The first-order valence-electron chi connectivity index (χ1n) is 8.15. The molecule has 1 aliphatic heterocycles. The van der Waals surface area contributed by atoms with E-state index in [1.165, 1.54) is 12.8 Å². The molecule has 2 fully saturated rings. The third-order valence-electron chi connectivity index (χ3n) is 4.72. The molecular weight excluding hydrogens is 274 g/mol. The number of amides is 1. The SMILES string of the molecule is CC1CNCCN1C(=O)c1cc(C2CC2)nc2ccccc12. The molecule has 1 saturated heterocycles. The summed E-state index contributed by atoms with van der Waals surface area (Å²) < 4.78 is 0. The van der Waals surface area contributed by atoms with Crippen molar-refractivity contribution in [1.29, 1.82) is 0 Å². The van der Waals surface area contributed by atoms with Crippen LogP contribution in [0.15, 0.2) is 30.3 Å².